The molecule has 0 aromatic heterocycles. The Morgan fingerprint density at radius 3 is 2.19 bits per heavy atom. The number of piperidine rings is 1. The number of benzene rings is 2. The average Bonchev–Trinajstić information content (AvgIpc) is 2.96. The predicted octanol–water partition coefficient (Wildman–Crippen LogP) is -5.25. The van der Waals surface area contributed by atoms with Gasteiger partial charge in [0.1, 0.15) is 33.9 Å². The molecule has 4 rings (SSSR count). The molecule has 48 heavy (non-hydrogen) atoms. The van der Waals surface area contributed by atoms with Gasteiger partial charge >= 0.3 is 0 Å². The van der Waals surface area contributed by atoms with Crippen LogP contribution in [-0.4, -0.2) is 159 Å². The van der Waals surface area contributed by atoms with Gasteiger partial charge in [0.2, 0.25) is 11.8 Å². The number of nitrogens with zero attached hydrogens (tertiary/aromatic N) is 2. The van der Waals surface area contributed by atoms with E-state index in [0.29, 0.717) is 11.2 Å². The van der Waals surface area contributed by atoms with Crippen molar-refractivity contribution in [3.05, 3.63) is 64.5 Å². The van der Waals surface area contributed by atoms with Crippen LogP contribution in [0.2, 0.25) is 5.21 Å². The fraction of sp³-hybridized carbons (Fsp3) is 0.423. The third-order valence-corrected chi connectivity index (χ3v) is 8.57. The molecule has 0 bridgehead atoms. The van der Waals surface area contributed by atoms with E-state index in [1.54, 1.807) is 0 Å². The van der Waals surface area contributed by atoms with E-state index in [1.807, 2.05) is 5.32 Å². The van der Waals surface area contributed by atoms with Crippen molar-refractivity contribution in [2.24, 2.45) is 0 Å². The molecule has 2 amide bonds. The Balaban J connectivity index is 1.59. The highest BCUT2D eigenvalue weighted by Gasteiger charge is 2.64. The highest BCUT2D eigenvalue weighted by molar-refractivity contribution is 6.58. The summed E-state index contributed by atoms with van der Waals surface area (Å²) in [5.74, 6) is -6.89. The first kappa shape index (κ1) is 38.1. The fourth-order valence-electron chi connectivity index (χ4n) is 5.26. The van der Waals surface area contributed by atoms with E-state index in [4.69, 9.17) is 80.1 Å². The molecule has 0 saturated carbocycles. The number of halogens is 1. The second kappa shape index (κ2) is 12.3. The number of ether oxygens (including phenoxy) is 2. The summed E-state index contributed by atoms with van der Waals surface area (Å²) < 4.78 is 25.9. The van der Waals surface area contributed by atoms with Gasteiger partial charge in [-0.2, -0.15) is 0 Å². The molecule has 12 nitrogen and oxygen atoms in total. The molecule has 5 N–H and O–H groups in total. The largest absolute Gasteiger partial charge is 0.488 e. The number of carbonyl (C=O) groups is 3. The van der Waals surface area contributed by atoms with Gasteiger partial charge in [-0.05, 0) is 35.5 Å². The van der Waals surface area contributed by atoms with Gasteiger partial charge in [0, 0.05) is 29.8 Å². The molecule has 3 unspecified atom stereocenters. The van der Waals surface area contributed by atoms with Crippen LogP contribution < -0.4 is 10.1 Å². The molecule has 22 heteroatoms. The summed E-state index contributed by atoms with van der Waals surface area (Å²) in [6.07, 6.45) is 0.471. The molecule has 2 aliphatic heterocycles. The van der Waals surface area contributed by atoms with E-state index < -0.39 is 75.8 Å². The fourth-order valence-corrected chi connectivity index (χ4v) is 5.26. The summed E-state index contributed by atoms with van der Waals surface area (Å²) in [5.41, 5.74) is -8.63. The molecule has 228 valence electrons. The molecule has 2 heterocycles. The van der Waals surface area contributed by atoms with Crippen molar-refractivity contribution < 1.29 is 48.7 Å². The van der Waals surface area contributed by atoms with E-state index in [1.165, 1.54) is 37.4 Å². The normalized spacial score (nSPS) is 29.2. The minimum atomic E-state index is -3.46. The van der Waals surface area contributed by atoms with Gasteiger partial charge in [-0.25, -0.2) is 4.39 Å². The number of aldehydes is 1. The van der Waals surface area contributed by atoms with E-state index in [9.17, 15) is 34.8 Å². The Morgan fingerprint density at radius 2 is 1.60 bits per heavy atom. The Kier molecular flexibility index (Phi) is 9.72. The Bertz CT molecular complexity index is 1620. The second-order valence-electron chi connectivity index (χ2n) is 11.8. The average molecular weight is 636 g/mol. The molecule has 18 radical (unpaired) electrons. The molecule has 2 aliphatic rings. The van der Waals surface area contributed by atoms with Crippen LogP contribution in [-0.2, 0) is 34.0 Å². The molecule has 0 aliphatic carbocycles. The second-order valence-corrected chi connectivity index (χ2v) is 11.8. The van der Waals surface area contributed by atoms with Gasteiger partial charge in [-0.15, -0.1) is 0 Å². The quantitative estimate of drug-likeness (QED) is 0.0773. The molecule has 2 saturated heterocycles. The third kappa shape index (κ3) is 5.82. The van der Waals surface area contributed by atoms with Crippen LogP contribution >= 0.6 is 0 Å². The maximum absolute atomic E-state index is 15.3. The van der Waals surface area contributed by atoms with Crippen molar-refractivity contribution in [1.82, 2.24) is 15.1 Å². The zero-order valence-corrected chi connectivity index (χ0v) is 25.5. The van der Waals surface area contributed by atoms with Crippen molar-refractivity contribution in [1.29, 1.82) is 0 Å². The molecule has 0 spiro atoms. The van der Waals surface area contributed by atoms with Crippen LogP contribution in [0.4, 0.5) is 4.39 Å². The number of carbonyl (C=O) groups excluding carboxylic acids is 3. The van der Waals surface area contributed by atoms with Crippen molar-refractivity contribution in [3.63, 3.8) is 0 Å². The van der Waals surface area contributed by atoms with Gasteiger partial charge in [-0.1, -0.05) is 29.5 Å². The van der Waals surface area contributed by atoms with Crippen molar-refractivity contribution >= 4 is 88.7 Å². The first-order valence-corrected chi connectivity index (χ1v) is 13.8. The van der Waals surface area contributed by atoms with Crippen LogP contribution in [0.15, 0.2) is 36.4 Å². The maximum Gasteiger partial charge on any atom is 0.270 e. The van der Waals surface area contributed by atoms with Gasteiger partial charge in [0.25, 0.3) is 5.91 Å². The van der Waals surface area contributed by atoms with Crippen LogP contribution in [0.1, 0.15) is 27.0 Å². The highest BCUT2D eigenvalue weighted by Crippen LogP contribution is 2.46. The molecule has 2 aromatic carbocycles. The monoisotopic (exact) mass is 637 g/mol. The van der Waals surface area contributed by atoms with Crippen molar-refractivity contribution in [2.75, 3.05) is 7.05 Å². The highest BCUT2D eigenvalue weighted by atomic mass is 19.1. The molecular formula is C26H21B9FN3O9. The number of hydrogen-bond donors (Lipinski definition) is 5. The van der Waals surface area contributed by atoms with Crippen LogP contribution in [0, 0.1) is 5.82 Å². The topological polar surface area (TPSA) is 169 Å². The Labute approximate surface area is 287 Å². The number of morpholine rings is 1. The number of likely N-dealkylation sites (N-methyl/N-ethyl adjacent to an activating group) is 1. The summed E-state index contributed by atoms with van der Waals surface area (Å²) in [5, 5.41) is 35.7. The number of hydrogen-bond acceptors (Lipinski definition) is 11. The molecule has 2 aromatic rings. The predicted molar refractivity (Wildman–Crippen MR) is 174 cm³/mol. The Morgan fingerprint density at radius 1 is 0.979 bits per heavy atom. The van der Waals surface area contributed by atoms with Crippen LogP contribution in [0.3, 0.4) is 0 Å². The van der Waals surface area contributed by atoms with E-state index in [0.717, 1.165) is 11.0 Å². The number of aliphatic hydroxyl groups is 4. The minimum absolute atomic E-state index is 0.0205. The summed E-state index contributed by atoms with van der Waals surface area (Å²) >= 11 is 0. The summed E-state index contributed by atoms with van der Waals surface area (Å²) in [7, 11) is 53.8. The lowest BCUT2D eigenvalue weighted by atomic mass is 9.29. The van der Waals surface area contributed by atoms with Gasteiger partial charge in [-0.3, -0.25) is 29.5 Å². The summed E-state index contributed by atoms with van der Waals surface area (Å²) in [6.45, 7) is -1.50. The summed E-state index contributed by atoms with van der Waals surface area (Å²) in [4.78, 5) is 38.4. The number of nitrogens with one attached hydrogen (secondary N) is 1. The lowest BCUT2D eigenvalue weighted by molar-refractivity contribution is -0.434. The van der Waals surface area contributed by atoms with E-state index in [-0.39, 0.29) is 28.0 Å². The van der Waals surface area contributed by atoms with E-state index in [2.05, 4.69) is 0 Å². The lowest BCUT2D eigenvalue weighted by Crippen LogP contribution is -2.84. The molecule has 2 fully saturated rings. The lowest BCUT2D eigenvalue weighted by Gasteiger charge is -2.64. The SMILES string of the molecule is [B]C1([B])OC([B])(O)C(O)(O)N(Cc2ccc(COc3cccc(C=O)c3CN(C)C3([B])C(=O)NC(=O)C([B])(O)C3([B])[B])c(F)c2)C1([B])[B]. The van der Waals surface area contributed by atoms with Gasteiger partial charge in [0.05, 0.1) is 58.0 Å². The van der Waals surface area contributed by atoms with E-state index >= 15 is 4.39 Å². The van der Waals surface area contributed by atoms with Crippen LogP contribution in [0.25, 0.3) is 0 Å². The van der Waals surface area contributed by atoms with Gasteiger partial charge < -0.3 is 29.9 Å². The Hall–Kier alpha value is -2.72. The first-order chi connectivity index (χ1) is 21.8. The van der Waals surface area contributed by atoms with Crippen LogP contribution in [0.5, 0.6) is 5.75 Å². The number of amides is 2. The zero-order valence-electron chi connectivity index (χ0n) is 25.5. The minimum Gasteiger partial charge on any atom is -0.488 e. The van der Waals surface area contributed by atoms with Crippen molar-refractivity contribution in [3.8, 4) is 5.75 Å². The summed E-state index contributed by atoms with van der Waals surface area (Å²) in [6, 6.07) is 7.83. The zero-order chi connectivity index (χ0) is 36.5. The number of rotatable bonds is 9. The smallest absolute Gasteiger partial charge is 0.270 e. The first-order valence-electron chi connectivity index (χ1n) is 13.8. The van der Waals surface area contributed by atoms with Gasteiger partial charge in [0.15, 0.2) is 19.8 Å². The molecular weight excluding hydrogens is 615 g/mol. The third-order valence-electron chi connectivity index (χ3n) is 8.57. The van der Waals surface area contributed by atoms with Crippen molar-refractivity contribution in [2.45, 2.75) is 58.2 Å². The number of imide groups is 1. The maximum atomic E-state index is 15.3. The molecule has 3 atom stereocenters. The standard InChI is InChI=1S/C26H21B9FN3O9/c1-38(20(27)18(41)37-19(42)21(28,43)22(20,29)30)9-15-13(10-40)3-2-4-17(15)47-11-14-6-5-12(7-16(14)36)8-39-23(31,32)24(33,34)48-25(35,44)26(39,45)46/h2-7,10,43-46H,8-9,11H2,1H3,(H,37,41,42).